The maximum Gasteiger partial charge on any atom is 0.280 e. The molecule has 0 aromatic carbocycles. The lowest BCUT2D eigenvalue weighted by Crippen LogP contribution is -2.02. The Balaban J connectivity index is 1.81. The normalized spacial score (nSPS) is 13.3. The molecular weight excluding hydrogens is 328 g/mol. The Kier molecular flexibility index (Phi) is 3.73. The second kappa shape index (κ2) is 6.07. The molecule has 0 aliphatic carbocycles. The molecule has 4 rings (SSSR count). The molecule has 3 aromatic rings. The van der Waals surface area contributed by atoms with E-state index in [1.807, 2.05) is 38.1 Å². The van der Waals surface area contributed by atoms with Gasteiger partial charge in [0, 0.05) is 12.4 Å². The Hall–Kier alpha value is -3.54. The van der Waals surface area contributed by atoms with Crippen LogP contribution < -0.4 is 0 Å². The lowest BCUT2D eigenvalue weighted by molar-refractivity contribution is 0.101. The van der Waals surface area contributed by atoms with Crippen molar-refractivity contribution >= 4 is 17.7 Å². The van der Waals surface area contributed by atoms with E-state index in [9.17, 15) is 9.90 Å². The predicted molar refractivity (Wildman–Crippen MR) is 99.3 cm³/mol. The Labute approximate surface area is 150 Å². The maximum absolute atomic E-state index is 12.5. The van der Waals surface area contributed by atoms with Gasteiger partial charge in [-0.15, -0.1) is 0 Å². The number of allylic oxidation sites excluding steroid dienone is 1. The van der Waals surface area contributed by atoms with E-state index >= 15 is 0 Å². The highest BCUT2D eigenvalue weighted by Gasteiger charge is 2.34. The molecule has 1 aliphatic heterocycles. The Morgan fingerprint density at radius 1 is 1.04 bits per heavy atom. The smallest absolute Gasteiger partial charge is 0.280 e. The first-order chi connectivity index (χ1) is 12.6. The number of hydrogen-bond acceptors (Lipinski definition) is 4. The third kappa shape index (κ3) is 2.52. The Morgan fingerprint density at radius 3 is 2.46 bits per heavy atom. The number of aliphatic imine (C=N–C) groups is 1. The van der Waals surface area contributed by atoms with Crippen molar-refractivity contribution in [3.63, 3.8) is 0 Å². The van der Waals surface area contributed by atoms with Crippen LogP contribution in [0.5, 0.6) is 5.88 Å². The number of aromatic nitrogens is 3. The third-order valence-electron chi connectivity index (χ3n) is 4.20. The molecule has 1 amide bonds. The van der Waals surface area contributed by atoms with Crippen molar-refractivity contribution in [2.75, 3.05) is 0 Å². The van der Waals surface area contributed by atoms with E-state index < -0.39 is 5.91 Å². The molecule has 0 fully saturated rings. The van der Waals surface area contributed by atoms with Gasteiger partial charge in [0.2, 0.25) is 0 Å². The second-order valence-electron chi connectivity index (χ2n) is 6.06. The molecule has 0 bridgehead atoms. The molecule has 0 radical (unpaired) electrons. The number of aromatic hydroxyl groups is 1. The molecule has 0 spiro atoms. The van der Waals surface area contributed by atoms with Gasteiger partial charge in [-0.2, -0.15) is 0 Å². The third-order valence-corrected chi connectivity index (χ3v) is 4.20. The molecular formula is C20H16N4O2. The lowest BCUT2D eigenvalue weighted by atomic mass is 10.0. The van der Waals surface area contributed by atoms with E-state index in [0.717, 1.165) is 11.1 Å². The van der Waals surface area contributed by atoms with Crippen molar-refractivity contribution in [1.29, 1.82) is 0 Å². The summed E-state index contributed by atoms with van der Waals surface area (Å²) in [6.45, 7) is 3.86. The highest BCUT2D eigenvalue weighted by molar-refractivity contribution is 6.29. The monoisotopic (exact) mass is 344 g/mol. The summed E-state index contributed by atoms with van der Waals surface area (Å²) in [5.41, 5.74) is 4.60. The number of H-pyrrole nitrogens is 1. The Bertz CT molecular complexity index is 1060. The van der Waals surface area contributed by atoms with Gasteiger partial charge in [0.05, 0.1) is 28.2 Å². The molecule has 1 aliphatic rings. The molecule has 26 heavy (non-hydrogen) atoms. The average Bonchev–Trinajstić information content (AvgIpc) is 3.16. The van der Waals surface area contributed by atoms with E-state index in [4.69, 9.17) is 0 Å². The zero-order valence-corrected chi connectivity index (χ0v) is 14.3. The zero-order valence-electron chi connectivity index (χ0n) is 14.3. The number of pyridine rings is 2. The molecule has 128 valence electrons. The first kappa shape index (κ1) is 16.0. The number of fused-ring (bicyclic) bond motifs is 1. The molecule has 3 aromatic heterocycles. The van der Waals surface area contributed by atoms with Crippen molar-refractivity contribution in [2.24, 2.45) is 4.99 Å². The van der Waals surface area contributed by atoms with E-state index in [1.165, 1.54) is 0 Å². The van der Waals surface area contributed by atoms with Gasteiger partial charge in [-0.3, -0.25) is 14.8 Å². The number of aromatic amines is 1. The minimum absolute atomic E-state index is 0.110. The molecule has 0 unspecified atom stereocenters. The SMILES string of the molecule is C/C=C/c1ccc(C2=NC(=O)c3c(-c4ccc(C)cn4)[nH]c(O)c32)nc1. The fourth-order valence-electron chi connectivity index (χ4n) is 2.97. The maximum atomic E-state index is 12.5. The van der Waals surface area contributed by atoms with Crippen LogP contribution in [0.1, 0.15) is 39.7 Å². The van der Waals surface area contributed by atoms with Crippen LogP contribution in [-0.2, 0) is 0 Å². The van der Waals surface area contributed by atoms with Crippen LogP contribution in [0, 0.1) is 6.92 Å². The summed E-state index contributed by atoms with van der Waals surface area (Å²) in [5.74, 6) is -0.524. The zero-order chi connectivity index (χ0) is 18.3. The molecule has 0 atom stereocenters. The van der Waals surface area contributed by atoms with Crippen LogP contribution in [0.4, 0.5) is 0 Å². The molecule has 2 N–H and O–H groups in total. The van der Waals surface area contributed by atoms with Gasteiger partial charge in [-0.05, 0) is 37.1 Å². The van der Waals surface area contributed by atoms with E-state index in [1.54, 1.807) is 24.5 Å². The number of amides is 1. The van der Waals surface area contributed by atoms with E-state index in [-0.39, 0.29) is 5.88 Å². The fraction of sp³-hybridized carbons (Fsp3) is 0.100. The van der Waals surface area contributed by atoms with Crippen molar-refractivity contribution < 1.29 is 9.90 Å². The number of hydrogen-bond donors (Lipinski definition) is 2. The molecule has 0 saturated carbocycles. The number of carbonyl (C=O) groups excluding carboxylic acids is 1. The number of nitrogens with zero attached hydrogens (tertiary/aromatic N) is 3. The topological polar surface area (TPSA) is 91.2 Å². The van der Waals surface area contributed by atoms with Crippen LogP contribution in [0.2, 0.25) is 0 Å². The fourth-order valence-corrected chi connectivity index (χ4v) is 2.97. The minimum atomic E-state index is -0.414. The van der Waals surface area contributed by atoms with Crippen molar-refractivity contribution in [3.8, 4) is 17.3 Å². The van der Waals surface area contributed by atoms with E-state index in [2.05, 4.69) is 19.9 Å². The van der Waals surface area contributed by atoms with Crippen LogP contribution in [0.3, 0.4) is 0 Å². The van der Waals surface area contributed by atoms with Crippen LogP contribution in [0.25, 0.3) is 17.5 Å². The van der Waals surface area contributed by atoms with Gasteiger partial charge >= 0.3 is 0 Å². The highest BCUT2D eigenvalue weighted by atomic mass is 16.3. The average molecular weight is 344 g/mol. The van der Waals surface area contributed by atoms with Crippen molar-refractivity contribution in [2.45, 2.75) is 13.8 Å². The summed E-state index contributed by atoms with van der Waals surface area (Å²) in [6, 6.07) is 7.37. The van der Waals surface area contributed by atoms with E-state index in [0.29, 0.717) is 33.9 Å². The van der Waals surface area contributed by atoms with Gasteiger partial charge in [0.15, 0.2) is 5.88 Å². The summed E-state index contributed by atoms with van der Waals surface area (Å²) in [6.07, 6.45) is 7.26. The number of aryl methyl sites for hydroxylation is 1. The van der Waals surface area contributed by atoms with Gasteiger partial charge < -0.3 is 10.1 Å². The lowest BCUT2D eigenvalue weighted by Gasteiger charge is -2.01. The molecule has 6 nitrogen and oxygen atoms in total. The van der Waals surface area contributed by atoms with Crippen molar-refractivity contribution in [3.05, 3.63) is 70.7 Å². The minimum Gasteiger partial charge on any atom is -0.494 e. The van der Waals surface area contributed by atoms with Crippen molar-refractivity contribution in [1.82, 2.24) is 15.0 Å². The first-order valence-corrected chi connectivity index (χ1v) is 8.19. The van der Waals surface area contributed by atoms with Crippen LogP contribution in [0.15, 0.2) is 47.7 Å². The first-order valence-electron chi connectivity index (χ1n) is 8.19. The summed E-state index contributed by atoms with van der Waals surface area (Å²) >= 11 is 0. The summed E-state index contributed by atoms with van der Waals surface area (Å²) < 4.78 is 0. The highest BCUT2D eigenvalue weighted by Crippen LogP contribution is 2.37. The molecule has 4 heterocycles. The summed E-state index contributed by atoms with van der Waals surface area (Å²) in [4.78, 5) is 28.2. The van der Waals surface area contributed by atoms with Gasteiger partial charge in [0.25, 0.3) is 5.91 Å². The van der Waals surface area contributed by atoms with Crippen LogP contribution in [-0.4, -0.2) is 31.7 Å². The number of rotatable bonds is 3. The largest absolute Gasteiger partial charge is 0.494 e. The quantitative estimate of drug-likeness (QED) is 0.760. The number of carbonyl (C=O) groups is 1. The second-order valence-corrected chi connectivity index (χ2v) is 6.06. The number of nitrogens with one attached hydrogen (secondary N) is 1. The van der Waals surface area contributed by atoms with Gasteiger partial charge in [-0.1, -0.05) is 24.3 Å². The molecule has 0 saturated heterocycles. The van der Waals surface area contributed by atoms with Gasteiger partial charge in [0.1, 0.15) is 5.71 Å². The molecule has 6 heteroatoms. The van der Waals surface area contributed by atoms with Crippen LogP contribution >= 0.6 is 0 Å². The summed E-state index contributed by atoms with van der Waals surface area (Å²) in [7, 11) is 0. The standard InChI is InChI=1S/C20H16N4O2/c1-3-4-12-6-8-14(22-10-12)18-16-15(19(25)24-18)17(23-20(16)26)13-7-5-11(2)9-21-13/h3-10,23,26H,1-2H3/b4-3+. The Morgan fingerprint density at radius 2 is 1.81 bits per heavy atom. The predicted octanol–water partition coefficient (Wildman–Crippen LogP) is 3.51. The van der Waals surface area contributed by atoms with Gasteiger partial charge in [-0.25, -0.2) is 4.99 Å². The summed E-state index contributed by atoms with van der Waals surface area (Å²) in [5, 5.41) is 10.4.